The molecule has 0 spiro atoms. The van der Waals surface area contributed by atoms with Crippen molar-refractivity contribution in [3.8, 4) is 34.5 Å². The molecule has 0 fully saturated rings. The Morgan fingerprint density at radius 2 is 1.06 bits per heavy atom. The van der Waals surface area contributed by atoms with Crippen LogP contribution in [-0.2, 0) is 0 Å². The molecule has 0 saturated heterocycles. The van der Waals surface area contributed by atoms with Crippen molar-refractivity contribution >= 4 is 53.9 Å². The smallest absolute Gasteiger partial charge is 0.266 e. The van der Waals surface area contributed by atoms with Gasteiger partial charge in [-0.1, -0.05) is 24.3 Å². The lowest BCUT2D eigenvalue weighted by atomic mass is 9.85. The van der Waals surface area contributed by atoms with Gasteiger partial charge >= 0.3 is 0 Å². The fraction of sp³-hybridized carbons (Fsp3) is 0. The average Bonchev–Trinajstić information content (AvgIpc) is 2.78. The lowest BCUT2D eigenvalue weighted by Crippen LogP contribution is -2.05. The van der Waals surface area contributed by atoms with Crippen molar-refractivity contribution < 1.29 is 30.6 Å². The summed E-state index contributed by atoms with van der Waals surface area (Å²) in [5.41, 5.74) is -1.87. The molecule has 0 atom stereocenters. The maximum Gasteiger partial charge on any atom is 0.266 e. The fourth-order valence-corrected chi connectivity index (χ4v) is 4.84. The van der Waals surface area contributed by atoms with Crippen molar-refractivity contribution in [1.82, 2.24) is 0 Å². The molecule has 6 N–H and O–H groups in total. The van der Waals surface area contributed by atoms with Crippen LogP contribution in [0.25, 0.3) is 53.9 Å². The molecular weight excluding hydrogens is 416 g/mol. The van der Waals surface area contributed by atoms with E-state index in [0.717, 1.165) is 0 Å². The van der Waals surface area contributed by atoms with E-state index in [1.807, 2.05) is 0 Å². The van der Waals surface area contributed by atoms with Gasteiger partial charge in [0.25, 0.3) is 5.43 Å². The molecule has 156 valence electrons. The molecule has 0 saturated carbocycles. The van der Waals surface area contributed by atoms with E-state index in [9.17, 15) is 40.2 Å². The second-order valence-corrected chi connectivity index (χ2v) is 7.74. The van der Waals surface area contributed by atoms with Gasteiger partial charge in [-0.25, -0.2) is 0 Å². The van der Waals surface area contributed by atoms with Gasteiger partial charge in [-0.05, 0) is 33.7 Å². The van der Waals surface area contributed by atoms with Gasteiger partial charge in [0.2, 0.25) is 11.5 Å². The molecule has 32 heavy (non-hydrogen) atoms. The Labute approximate surface area is 176 Å². The molecule has 8 heteroatoms. The lowest BCUT2D eigenvalue weighted by Gasteiger charge is -2.19. The summed E-state index contributed by atoms with van der Waals surface area (Å²) in [6, 6.07) is 9.91. The molecule has 0 aromatic heterocycles. The van der Waals surface area contributed by atoms with Crippen LogP contribution in [0, 0.1) is 0 Å². The number of hydrogen-bond donors (Lipinski definition) is 6. The van der Waals surface area contributed by atoms with Crippen molar-refractivity contribution in [2.45, 2.75) is 0 Å². The highest BCUT2D eigenvalue weighted by molar-refractivity contribution is 6.42. The van der Waals surface area contributed by atoms with Crippen LogP contribution in [0.4, 0.5) is 0 Å². The Bertz CT molecular complexity index is 1920. The lowest BCUT2D eigenvalue weighted by molar-refractivity contribution is 0.374. The van der Waals surface area contributed by atoms with Crippen molar-refractivity contribution in [2.24, 2.45) is 0 Å². The van der Waals surface area contributed by atoms with Crippen LogP contribution in [0.1, 0.15) is 0 Å². The second kappa shape index (κ2) is 5.50. The predicted molar refractivity (Wildman–Crippen MR) is 119 cm³/mol. The molecule has 8 nitrogen and oxygen atoms in total. The first-order valence-corrected chi connectivity index (χ1v) is 9.48. The number of benzene rings is 6. The van der Waals surface area contributed by atoms with Crippen molar-refractivity contribution in [1.29, 1.82) is 0 Å². The average molecular weight is 428 g/mol. The fourth-order valence-electron chi connectivity index (χ4n) is 4.84. The maximum absolute atomic E-state index is 12.9. The number of fused-ring (bicyclic) bond motifs is 5. The molecule has 0 aliphatic carbocycles. The molecule has 6 aromatic carbocycles. The molecule has 0 radical (unpaired) electrons. The summed E-state index contributed by atoms with van der Waals surface area (Å²) in [6.07, 6.45) is 0. The first-order chi connectivity index (χ1) is 15.2. The quantitative estimate of drug-likeness (QED) is 0.0932. The second-order valence-electron chi connectivity index (χ2n) is 7.74. The monoisotopic (exact) mass is 428 g/mol. The highest BCUT2D eigenvalue weighted by Crippen LogP contribution is 2.55. The Balaban J connectivity index is 2.23. The van der Waals surface area contributed by atoms with Gasteiger partial charge in [-0.2, -0.15) is 0 Å². The summed E-state index contributed by atoms with van der Waals surface area (Å²) in [6.45, 7) is 0. The van der Waals surface area contributed by atoms with E-state index in [0.29, 0.717) is 21.5 Å². The standard InChI is InChI=1S/C24H12O8/c25-10-6-8-5-7-3-1-2-4-9(7)12-11(8)14-13(10)18(26)22(30)20(28)16(14)17-15(12)19(27)23(31)24(32)21(17)29/h1-6,26-30,32H. The zero-order chi connectivity index (χ0) is 22.6. The third kappa shape index (κ3) is 1.83. The number of phenolic OH excluding ortho intramolecular Hbond substituents is 6. The highest BCUT2D eigenvalue weighted by Gasteiger charge is 2.30. The van der Waals surface area contributed by atoms with Crippen molar-refractivity contribution in [3.05, 3.63) is 56.8 Å². The molecule has 0 bridgehead atoms. The summed E-state index contributed by atoms with van der Waals surface area (Å²) in [5.74, 6) is -5.69. The van der Waals surface area contributed by atoms with E-state index >= 15 is 0 Å². The Morgan fingerprint density at radius 3 is 1.81 bits per heavy atom. The third-order valence-corrected chi connectivity index (χ3v) is 6.16. The maximum atomic E-state index is 12.9. The van der Waals surface area contributed by atoms with Crippen molar-refractivity contribution in [2.75, 3.05) is 0 Å². The summed E-state index contributed by atoms with van der Waals surface area (Å²) in [7, 11) is 0. The van der Waals surface area contributed by atoms with Crippen LogP contribution in [0.15, 0.2) is 46.0 Å². The molecule has 6 rings (SSSR count). The zero-order valence-electron chi connectivity index (χ0n) is 16.0. The highest BCUT2D eigenvalue weighted by atomic mass is 16.3. The van der Waals surface area contributed by atoms with E-state index in [4.69, 9.17) is 0 Å². The predicted octanol–water partition coefficient (Wildman–Crippen LogP) is 3.28. The number of aromatic hydroxyl groups is 6. The van der Waals surface area contributed by atoms with Gasteiger partial charge in [-0.15, -0.1) is 0 Å². The molecule has 0 amide bonds. The summed E-state index contributed by atoms with van der Waals surface area (Å²) in [5, 5.41) is 64.3. The summed E-state index contributed by atoms with van der Waals surface area (Å²) in [4.78, 5) is 25.4. The van der Waals surface area contributed by atoms with E-state index in [1.54, 1.807) is 30.3 Å². The third-order valence-electron chi connectivity index (χ3n) is 6.16. The van der Waals surface area contributed by atoms with E-state index < -0.39 is 45.4 Å². The van der Waals surface area contributed by atoms with Gasteiger partial charge < -0.3 is 30.6 Å². The Kier molecular flexibility index (Phi) is 3.11. The van der Waals surface area contributed by atoms with Crippen LogP contribution >= 0.6 is 0 Å². The molecule has 6 aromatic rings. The zero-order valence-corrected chi connectivity index (χ0v) is 16.0. The molecule has 0 aliphatic heterocycles. The van der Waals surface area contributed by atoms with Gasteiger partial charge in [0.1, 0.15) is 0 Å². The van der Waals surface area contributed by atoms with Gasteiger partial charge in [-0.3, -0.25) is 9.59 Å². The van der Waals surface area contributed by atoms with Crippen LogP contribution in [0.5, 0.6) is 34.5 Å². The minimum Gasteiger partial charge on any atom is -0.504 e. The van der Waals surface area contributed by atoms with Gasteiger partial charge in [0, 0.05) is 26.9 Å². The number of hydrogen-bond acceptors (Lipinski definition) is 8. The summed E-state index contributed by atoms with van der Waals surface area (Å²) < 4.78 is 0. The van der Waals surface area contributed by atoms with Gasteiger partial charge in [0.05, 0.1) is 5.39 Å². The molecular formula is C24H12O8. The summed E-state index contributed by atoms with van der Waals surface area (Å²) >= 11 is 0. The minimum atomic E-state index is -1.22. The van der Waals surface area contributed by atoms with Crippen LogP contribution < -0.4 is 10.9 Å². The Hall–Kier alpha value is -4.72. The normalized spacial score (nSPS) is 12.1. The van der Waals surface area contributed by atoms with Crippen LogP contribution in [-0.4, -0.2) is 30.6 Å². The van der Waals surface area contributed by atoms with E-state index in [2.05, 4.69) is 0 Å². The number of rotatable bonds is 0. The number of phenols is 6. The van der Waals surface area contributed by atoms with Crippen LogP contribution in [0.3, 0.4) is 0 Å². The Morgan fingerprint density at radius 1 is 0.469 bits per heavy atom. The molecule has 0 unspecified atom stereocenters. The first-order valence-electron chi connectivity index (χ1n) is 9.48. The van der Waals surface area contributed by atoms with E-state index in [-0.39, 0.29) is 32.3 Å². The molecule has 0 aliphatic rings. The SMILES string of the molecule is O=c1c(O)c(O)c2c3c(O)c(O)c(O)c4c(=O)cc5cc6ccccc6c(c2c1O)c5c43. The van der Waals surface area contributed by atoms with Crippen molar-refractivity contribution in [3.63, 3.8) is 0 Å². The van der Waals surface area contributed by atoms with Gasteiger partial charge in [0.15, 0.2) is 28.4 Å². The van der Waals surface area contributed by atoms with Crippen LogP contribution in [0.2, 0.25) is 0 Å². The topological polar surface area (TPSA) is 156 Å². The molecule has 0 heterocycles. The first kappa shape index (κ1) is 18.1. The largest absolute Gasteiger partial charge is 0.504 e. The van der Waals surface area contributed by atoms with E-state index in [1.165, 1.54) is 6.07 Å². The minimum absolute atomic E-state index is 0.0151.